The quantitative estimate of drug-likeness (QED) is 0.216. The van der Waals surface area contributed by atoms with Gasteiger partial charge in [-0.3, -0.25) is 9.59 Å². The molecular formula is C29H34N2O4S3. The highest BCUT2D eigenvalue weighted by Gasteiger charge is 2.34. The lowest BCUT2D eigenvalue weighted by molar-refractivity contribution is -0.115. The van der Waals surface area contributed by atoms with Crippen LogP contribution in [0.3, 0.4) is 0 Å². The molecule has 2 atom stereocenters. The Labute approximate surface area is 236 Å². The normalized spacial score (nSPS) is 15.9. The van der Waals surface area contributed by atoms with Gasteiger partial charge in [0.05, 0.1) is 22.3 Å². The van der Waals surface area contributed by atoms with Crippen molar-refractivity contribution in [3.05, 3.63) is 62.7 Å². The number of esters is 1. The van der Waals surface area contributed by atoms with Gasteiger partial charge in [0.15, 0.2) is 0 Å². The third kappa shape index (κ3) is 6.68. The second kappa shape index (κ2) is 12.1. The van der Waals surface area contributed by atoms with Crippen molar-refractivity contribution in [3.8, 4) is 0 Å². The van der Waals surface area contributed by atoms with E-state index in [1.54, 1.807) is 13.0 Å². The van der Waals surface area contributed by atoms with E-state index in [2.05, 4.69) is 31.4 Å². The number of rotatable bonds is 8. The van der Waals surface area contributed by atoms with Crippen LogP contribution in [-0.4, -0.2) is 29.6 Å². The zero-order chi connectivity index (χ0) is 27.4. The molecule has 2 heterocycles. The smallest absolute Gasteiger partial charge is 0.341 e. The number of hydrogen-bond acceptors (Lipinski definition) is 7. The van der Waals surface area contributed by atoms with Gasteiger partial charge in [-0.1, -0.05) is 32.9 Å². The maximum atomic E-state index is 13.3. The van der Waals surface area contributed by atoms with Crippen molar-refractivity contribution in [1.82, 2.24) is 0 Å². The molecule has 0 fully saturated rings. The van der Waals surface area contributed by atoms with Crippen molar-refractivity contribution in [2.75, 3.05) is 17.2 Å². The molecule has 2 amide bonds. The van der Waals surface area contributed by atoms with Crippen molar-refractivity contribution >= 4 is 62.9 Å². The standard InChI is InChI=1S/C29H34N2O4S3/c1-6-35-28(34)24-21-13-12-18(29(3,4)5)15-23(21)38-27(24)31-25(32)17(2)37-20-10-7-9-19(16-20)30-26(33)22-11-8-14-36-22/h7-11,14,16-18H,6,12-13,15H2,1-5H3,(H,30,33)(H,31,32). The average Bonchev–Trinajstić information content (AvgIpc) is 3.51. The van der Waals surface area contributed by atoms with Gasteiger partial charge in [0.25, 0.3) is 5.91 Å². The number of nitrogens with one attached hydrogen (secondary N) is 2. The summed E-state index contributed by atoms with van der Waals surface area (Å²) in [5.41, 5.74) is 2.39. The molecule has 2 unspecified atom stereocenters. The van der Waals surface area contributed by atoms with E-state index in [1.165, 1.54) is 39.3 Å². The highest BCUT2D eigenvalue weighted by molar-refractivity contribution is 8.00. The first-order chi connectivity index (χ1) is 18.1. The van der Waals surface area contributed by atoms with Gasteiger partial charge in [-0.25, -0.2) is 4.79 Å². The Bertz CT molecular complexity index is 1310. The third-order valence-electron chi connectivity index (χ3n) is 6.73. The summed E-state index contributed by atoms with van der Waals surface area (Å²) in [4.78, 5) is 41.3. The van der Waals surface area contributed by atoms with E-state index in [9.17, 15) is 14.4 Å². The summed E-state index contributed by atoms with van der Waals surface area (Å²) in [7, 11) is 0. The average molecular weight is 571 g/mol. The molecule has 0 spiro atoms. The molecule has 0 bridgehead atoms. The van der Waals surface area contributed by atoms with Crippen LogP contribution in [0.25, 0.3) is 0 Å². The first-order valence-corrected chi connectivity index (χ1v) is 15.4. The molecule has 1 aliphatic carbocycles. The summed E-state index contributed by atoms with van der Waals surface area (Å²) in [6.07, 6.45) is 2.73. The van der Waals surface area contributed by atoms with Crippen LogP contribution < -0.4 is 10.6 Å². The molecule has 9 heteroatoms. The first kappa shape index (κ1) is 28.4. The number of thioether (sulfide) groups is 1. The number of thiophene rings is 2. The Hall–Kier alpha value is -2.62. The van der Waals surface area contributed by atoms with E-state index in [4.69, 9.17) is 4.74 Å². The highest BCUT2D eigenvalue weighted by Crippen LogP contribution is 2.44. The van der Waals surface area contributed by atoms with Crippen LogP contribution in [0, 0.1) is 11.3 Å². The molecule has 38 heavy (non-hydrogen) atoms. The molecule has 202 valence electrons. The molecule has 1 aliphatic rings. The summed E-state index contributed by atoms with van der Waals surface area (Å²) in [5, 5.41) is 7.97. The Balaban J connectivity index is 1.47. The SMILES string of the molecule is CCOC(=O)c1c(NC(=O)C(C)Sc2cccc(NC(=O)c3cccs3)c2)sc2c1CCC(C(C)(C)C)C2. The minimum Gasteiger partial charge on any atom is -0.462 e. The fourth-order valence-electron chi connectivity index (χ4n) is 4.55. The Morgan fingerprint density at radius 1 is 1.16 bits per heavy atom. The molecule has 0 radical (unpaired) electrons. The topological polar surface area (TPSA) is 84.5 Å². The predicted molar refractivity (Wildman–Crippen MR) is 158 cm³/mol. The molecule has 0 saturated heterocycles. The zero-order valence-electron chi connectivity index (χ0n) is 22.4. The lowest BCUT2D eigenvalue weighted by atomic mass is 9.72. The van der Waals surface area contributed by atoms with E-state index in [0.29, 0.717) is 27.0 Å². The Kier molecular flexibility index (Phi) is 9.00. The van der Waals surface area contributed by atoms with Crippen LogP contribution >= 0.6 is 34.4 Å². The largest absolute Gasteiger partial charge is 0.462 e. The number of amides is 2. The molecule has 2 N–H and O–H groups in total. The summed E-state index contributed by atoms with van der Waals surface area (Å²) in [5.74, 6) is -0.187. The highest BCUT2D eigenvalue weighted by atomic mass is 32.2. The summed E-state index contributed by atoms with van der Waals surface area (Å²) >= 11 is 4.29. The van der Waals surface area contributed by atoms with Gasteiger partial charge in [-0.15, -0.1) is 34.4 Å². The molecule has 6 nitrogen and oxygen atoms in total. The number of anilines is 2. The molecule has 2 aromatic heterocycles. The van der Waals surface area contributed by atoms with Crippen LogP contribution in [0.15, 0.2) is 46.7 Å². The van der Waals surface area contributed by atoms with Crippen molar-refractivity contribution in [2.24, 2.45) is 11.3 Å². The van der Waals surface area contributed by atoms with Crippen LogP contribution in [0.5, 0.6) is 0 Å². The second-order valence-corrected chi connectivity index (χ2v) is 13.9. The van der Waals surface area contributed by atoms with Crippen molar-refractivity contribution in [3.63, 3.8) is 0 Å². The molecule has 0 aliphatic heterocycles. The summed E-state index contributed by atoms with van der Waals surface area (Å²) in [6, 6.07) is 11.1. The molecule has 1 aromatic carbocycles. The van der Waals surface area contributed by atoms with E-state index < -0.39 is 5.25 Å². The first-order valence-electron chi connectivity index (χ1n) is 12.8. The zero-order valence-corrected chi connectivity index (χ0v) is 24.8. The van der Waals surface area contributed by atoms with Crippen LogP contribution in [0.4, 0.5) is 10.7 Å². The number of carbonyl (C=O) groups is 3. The van der Waals surface area contributed by atoms with E-state index in [1.807, 2.05) is 42.6 Å². The van der Waals surface area contributed by atoms with Gasteiger partial charge in [-0.05, 0) is 79.7 Å². The summed E-state index contributed by atoms with van der Waals surface area (Å²) in [6.45, 7) is 10.7. The number of benzene rings is 1. The molecular weight excluding hydrogens is 537 g/mol. The molecule has 0 saturated carbocycles. The second-order valence-electron chi connectivity index (χ2n) is 10.4. The van der Waals surface area contributed by atoms with Gasteiger partial charge in [-0.2, -0.15) is 0 Å². The monoisotopic (exact) mass is 570 g/mol. The van der Waals surface area contributed by atoms with E-state index >= 15 is 0 Å². The number of ether oxygens (including phenoxy) is 1. The lowest BCUT2D eigenvalue weighted by Gasteiger charge is -2.33. The minimum absolute atomic E-state index is 0.158. The van der Waals surface area contributed by atoms with Gasteiger partial charge in [0, 0.05) is 15.5 Å². The van der Waals surface area contributed by atoms with Crippen molar-refractivity contribution in [2.45, 2.75) is 64.0 Å². The van der Waals surface area contributed by atoms with Gasteiger partial charge < -0.3 is 15.4 Å². The van der Waals surface area contributed by atoms with Crippen molar-refractivity contribution < 1.29 is 19.1 Å². The van der Waals surface area contributed by atoms with Gasteiger partial charge in [0.2, 0.25) is 5.91 Å². The van der Waals surface area contributed by atoms with Crippen LogP contribution in [0.2, 0.25) is 0 Å². The summed E-state index contributed by atoms with van der Waals surface area (Å²) < 4.78 is 5.37. The van der Waals surface area contributed by atoms with Gasteiger partial charge >= 0.3 is 5.97 Å². The lowest BCUT2D eigenvalue weighted by Crippen LogP contribution is -2.27. The van der Waals surface area contributed by atoms with E-state index in [0.717, 1.165) is 29.7 Å². The van der Waals surface area contributed by atoms with Crippen LogP contribution in [0.1, 0.15) is 71.5 Å². The third-order valence-corrected chi connectivity index (χ3v) is 9.86. The Morgan fingerprint density at radius 3 is 2.63 bits per heavy atom. The predicted octanol–water partition coefficient (Wildman–Crippen LogP) is 7.51. The fourth-order valence-corrected chi connectivity index (χ4v) is 7.41. The minimum atomic E-state index is -0.422. The van der Waals surface area contributed by atoms with E-state index in [-0.39, 0.29) is 29.8 Å². The Morgan fingerprint density at radius 2 is 1.95 bits per heavy atom. The maximum Gasteiger partial charge on any atom is 0.341 e. The molecule has 4 rings (SSSR count). The van der Waals surface area contributed by atoms with Crippen molar-refractivity contribution in [1.29, 1.82) is 0 Å². The number of carbonyl (C=O) groups excluding carboxylic acids is 3. The fraction of sp³-hybridized carbons (Fsp3) is 0.414. The number of hydrogen-bond donors (Lipinski definition) is 2. The van der Waals surface area contributed by atoms with Gasteiger partial charge in [0.1, 0.15) is 5.00 Å². The van der Waals surface area contributed by atoms with Crippen LogP contribution in [-0.2, 0) is 22.4 Å². The molecule has 3 aromatic rings. The maximum absolute atomic E-state index is 13.3. The number of fused-ring (bicyclic) bond motifs is 1.